The fourth-order valence-corrected chi connectivity index (χ4v) is 3.49. The monoisotopic (exact) mass is 425 g/mol. The number of aromatic amines is 1. The number of para-hydroxylation sites is 1. The van der Waals surface area contributed by atoms with E-state index in [0.29, 0.717) is 28.3 Å². The molecule has 0 saturated carbocycles. The van der Waals surface area contributed by atoms with Gasteiger partial charge < -0.3 is 18.9 Å². The van der Waals surface area contributed by atoms with Crippen molar-refractivity contribution >= 4 is 11.5 Å². The van der Waals surface area contributed by atoms with Crippen LogP contribution < -0.4 is 24.6 Å². The summed E-state index contributed by atoms with van der Waals surface area (Å²) >= 11 is 1.13. The van der Waals surface area contributed by atoms with Crippen molar-refractivity contribution in [1.82, 2.24) is 24.1 Å². The van der Waals surface area contributed by atoms with E-state index in [1.54, 1.807) is 6.07 Å². The zero-order valence-corrected chi connectivity index (χ0v) is 16.5. The van der Waals surface area contributed by atoms with Gasteiger partial charge in [0.2, 0.25) is 6.79 Å². The van der Waals surface area contributed by atoms with Gasteiger partial charge >= 0.3 is 11.7 Å². The van der Waals surface area contributed by atoms with Crippen molar-refractivity contribution in [1.29, 1.82) is 0 Å². The average molecular weight is 425 g/mol. The third kappa shape index (κ3) is 3.46. The minimum Gasteiger partial charge on any atom is -0.467 e. The van der Waals surface area contributed by atoms with E-state index in [1.165, 1.54) is 11.8 Å². The van der Waals surface area contributed by atoms with Gasteiger partial charge in [0.25, 0.3) is 5.19 Å². The van der Waals surface area contributed by atoms with E-state index >= 15 is 0 Å². The number of methoxy groups -OCH3 is 1. The zero-order valence-electron chi connectivity index (χ0n) is 15.7. The van der Waals surface area contributed by atoms with Crippen molar-refractivity contribution in [3.63, 3.8) is 0 Å². The van der Waals surface area contributed by atoms with Gasteiger partial charge in [0.15, 0.2) is 17.3 Å². The van der Waals surface area contributed by atoms with E-state index in [9.17, 15) is 4.79 Å². The van der Waals surface area contributed by atoms with Crippen LogP contribution in [-0.2, 0) is 6.54 Å². The molecule has 1 aliphatic rings. The smallest absolute Gasteiger partial charge is 0.346 e. The molecule has 11 heteroatoms. The largest absolute Gasteiger partial charge is 0.467 e. The third-order valence-electron chi connectivity index (χ3n) is 4.38. The lowest BCUT2D eigenvalue weighted by molar-refractivity contribution is 0.174. The maximum atomic E-state index is 12.0. The van der Waals surface area contributed by atoms with Crippen LogP contribution in [0.2, 0.25) is 0 Å². The fraction of sp³-hybridized carbons (Fsp3) is 0.158. The van der Waals surface area contributed by atoms with Crippen LogP contribution in [0.5, 0.6) is 28.5 Å². The van der Waals surface area contributed by atoms with Crippen LogP contribution in [0.4, 0.5) is 0 Å². The molecule has 5 rings (SSSR count). The molecule has 0 radical (unpaired) electrons. The average Bonchev–Trinajstić information content (AvgIpc) is 3.49. The molecular formula is C19H15N5O5S. The van der Waals surface area contributed by atoms with E-state index in [1.807, 2.05) is 36.4 Å². The van der Waals surface area contributed by atoms with Gasteiger partial charge in [0.1, 0.15) is 5.75 Å². The zero-order chi connectivity index (χ0) is 20.5. The van der Waals surface area contributed by atoms with Crippen LogP contribution >= 0.6 is 11.5 Å². The second-order valence-corrected chi connectivity index (χ2v) is 6.97. The molecule has 0 fully saturated rings. The van der Waals surface area contributed by atoms with Gasteiger partial charge in [-0.25, -0.2) is 9.48 Å². The highest BCUT2D eigenvalue weighted by molar-refractivity contribution is 7.07. The molecule has 1 N–H and O–H groups in total. The Morgan fingerprint density at radius 3 is 2.93 bits per heavy atom. The van der Waals surface area contributed by atoms with Crippen molar-refractivity contribution in [3.8, 4) is 39.8 Å². The summed E-state index contributed by atoms with van der Waals surface area (Å²) in [7, 11) is 1.44. The highest BCUT2D eigenvalue weighted by Crippen LogP contribution is 2.36. The summed E-state index contributed by atoms with van der Waals surface area (Å²) in [6.07, 6.45) is 0. The normalized spacial score (nSPS) is 12.2. The van der Waals surface area contributed by atoms with Gasteiger partial charge in [-0.05, 0) is 24.3 Å². The van der Waals surface area contributed by atoms with Crippen LogP contribution in [0.25, 0.3) is 11.4 Å². The van der Waals surface area contributed by atoms with Gasteiger partial charge in [-0.3, -0.25) is 4.98 Å². The molecule has 0 aliphatic carbocycles. The first-order valence-corrected chi connectivity index (χ1v) is 9.67. The number of nitrogens with zero attached hydrogens (tertiary/aromatic N) is 4. The van der Waals surface area contributed by atoms with E-state index in [4.69, 9.17) is 18.9 Å². The summed E-state index contributed by atoms with van der Waals surface area (Å²) in [5, 5.41) is 4.44. The van der Waals surface area contributed by atoms with Crippen molar-refractivity contribution in [2.45, 2.75) is 6.54 Å². The minimum atomic E-state index is -0.373. The Bertz CT molecular complexity index is 1260. The molecule has 152 valence electrons. The molecule has 0 amide bonds. The first kappa shape index (κ1) is 18.2. The van der Waals surface area contributed by atoms with E-state index < -0.39 is 0 Å². The SMILES string of the molecule is COc1nn(Cc2ccccc2Oc2nc(-c3ccc4c(c3)OCO4)ns2)c(=O)[nH]1. The standard InChI is InChI=1S/C19H15N5O5S/c1-26-17-21-18(25)24(22-17)9-12-4-2-3-5-13(12)29-19-20-16(23-30-19)11-6-7-14-15(8-11)28-10-27-14/h2-8H,9-10H2,1H3,(H,21,22,25). The Kier molecular flexibility index (Phi) is 4.56. The first-order valence-electron chi connectivity index (χ1n) is 8.90. The van der Waals surface area contributed by atoms with Crippen LogP contribution in [-0.4, -0.2) is 38.0 Å². The third-order valence-corrected chi connectivity index (χ3v) is 4.98. The van der Waals surface area contributed by atoms with E-state index in [-0.39, 0.29) is 25.0 Å². The minimum absolute atomic E-state index is 0.149. The fourth-order valence-electron chi connectivity index (χ4n) is 2.93. The summed E-state index contributed by atoms with van der Waals surface area (Å²) in [6.45, 7) is 0.419. The maximum absolute atomic E-state index is 12.0. The molecule has 10 nitrogen and oxygen atoms in total. The molecule has 4 aromatic rings. The Labute approximate surface area is 173 Å². The molecule has 0 unspecified atom stereocenters. The second-order valence-electron chi connectivity index (χ2n) is 6.26. The van der Waals surface area contributed by atoms with Gasteiger partial charge in [0, 0.05) is 22.7 Å². The molecule has 0 spiro atoms. The van der Waals surface area contributed by atoms with Crippen molar-refractivity contribution in [3.05, 3.63) is 58.5 Å². The van der Waals surface area contributed by atoms with Crippen molar-refractivity contribution in [2.24, 2.45) is 0 Å². The molecule has 0 bridgehead atoms. The molecule has 0 atom stereocenters. The first-order chi connectivity index (χ1) is 14.7. The Balaban J connectivity index is 1.38. The summed E-state index contributed by atoms with van der Waals surface area (Å²) in [4.78, 5) is 19.0. The summed E-state index contributed by atoms with van der Waals surface area (Å²) in [5.41, 5.74) is 1.19. The van der Waals surface area contributed by atoms with Crippen LogP contribution in [0, 0.1) is 0 Å². The maximum Gasteiger partial charge on any atom is 0.346 e. The molecule has 0 saturated heterocycles. The van der Waals surface area contributed by atoms with Crippen molar-refractivity contribution < 1.29 is 18.9 Å². The summed E-state index contributed by atoms with van der Waals surface area (Å²) < 4.78 is 27.3. The number of rotatable bonds is 6. The number of H-pyrrole nitrogens is 1. The number of nitrogens with one attached hydrogen (secondary N) is 1. The summed E-state index contributed by atoms with van der Waals surface area (Å²) in [6, 6.07) is 13.0. The van der Waals surface area contributed by atoms with E-state index in [0.717, 1.165) is 22.7 Å². The Morgan fingerprint density at radius 1 is 1.20 bits per heavy atom. The molecule has 2 aromatic heterocycles. The number of hydrogen-bond donors (Lipinski definition) is 1. The lowest BCUT2D eigenvalue weighted by Gasteiger charge is -2.08. The van der Waals surface area contributed by atoms with Crippen LogP contribution in [0.3, 0.4) is 0 Å². The van der Waals surface area contributed by atoms with Crippen LogP contribution in [0.15, 0.2) is 47.3 Å². The topological polar surface area (TPSA) is 113 Å². The summed E-state index contributed by atoms with van der Waals surface area (Å²) in [5.74, 6) is 2.44. The quantitative estimate of drug-likeness (QED) is 0.502. The molecule has 3 heterocycles. The molecular weight excluding hydrogens is 410 g/mol. The van der Waals surface area contributed by atoms with Gasteiger partial charge in [0.05, 0.1) is 13.7 Å². The lowest BCUT2D eigenvalue weighted by Crippen LogP contribution is -2.19. The number of aromatic nitrogens is 5. The molecule has 1 aliphatic heterocycles. The number of hydrogen-bond acceptors (Lipinski definition) is 9. The van der Waals surface area contributed by atoms with E-state index in [2.05, 4.69) is 19.4 Å². The predicted molar refractivity (Wildman–Crippen MR) is 106 cm³/mol. The van der Waals surface area contributed by atoms with Gasteiger partial charge in [-0.1, -0.05) is 18.2 Å². The second kappa shape index (κ2) is 7.52. The van der Waals surface area contributed by atoms with Crippen LogP contribution in [0.1, 0.15) is 5.56 Å². The number of ether oxygens (including phenoxy) is 4. The molecule has 30 heavy (non-hydrogen) atoms. The highest BCUT2D eigenvalue weighted by atomic mass is 32.1. The Hall–Kier alpha value is -3.86. The van der Waals surface area contributed by atoms with Crippen molar-refractivity contribution in [2.75, 3.05) is 13.9 Å². The molecule has 2 aromatic carbocycles. The predicted octanol–water partition coefficient (Wildman–Crippen LogP) is 2.67. The highest BCUT2D eigenvalue weighted by Gasteiger charge is 2.17. The Morgan fingerprint density at radius 2 is 2.07 bits per heavy atom. The lowest BCUT2D eigenvalue weighted by atomic mass is 10.2. The van der Waals surface area contributed by atoms with Gasteiger partial charge in [-0.2, -0.15) is 9.36 Å². The number of fused-ring (bicyclic) bond motifs is 1. The van der Waals surface area contributed by atoms with Gasteiger partial charge in [-0.15, -0.1) is 5.10 Å². The number of benzene rings is 2.